The van der Waals surface area contributed by atoms with Gasteiger partial charge in [0.05, 0.1) is 4.92 Å². The smallest absolute Gasteiger partial charge is 0.331 e. The number of nitro groups is 1. The summed E-state index contributed by atoms with van der Waals surface area (Å²) < 4.78 is 4.78. The number of hydrogen-bond acceptors (Lipinski definition) is 5. The van der Waals surface area contributed by atoms with Gasteiger partial charge in [-0.25, -0.2) is 4.79 Å². The number of hydrogen-bond donors (Lipinski definition) is 1. The van der Waals surface area contributed by atoms with E-state index in [1.807, 2.05) is 13.8 Å². The molecule has 0 aliphatic carbocycles. The third-order valence-corrected chi connectivity index (χ3v) is 2.86. The summed E-state index contributed by atoms with van der Waals surface area (Å²) in [6.07, 6.45) is 3.30. The Bertz CT molecular complexity index is 583. The predicted octanol–water partition coefficient (Wildman–Crippen LogP) is 2.07. The lowest BCUT2D eigenvalue weighted by atomic mass is 10.2. The Morgan fingerprint density at radius 3 is 2.82 bits per heavy atom. The number of nitrogens with one attached hydrogen (secondary N) is 1. The minimum Gasteiger partial charge on any atom is -0.452 e. The Kier molecular flexibility index (Phi) is 6.75. The standard InChI is InChI=1S/C15H18N2O5/c1-3-11(2)16-14(18)10-22-15(19)8-7-12-5-4-6-13(9-12)17(20)21/h4-9,11H,3,10H2,1-2H3,(H,16,18)/b8-7+/t11-/m1/s1. The topological polar surface area (TPSA) is 98.5 Å². The van der Waals surface area contributed by atoms with Crippen LogP contribution in [0.5, 0.6) is 0 Å². The lowest BCUT2D eigenvalue weighted by molar-refractivity contribution is -0.384. The van der Waals surface area contributed by atoms with Gasteiger partial charge in [0, 0.05) is 24.3 Å². The van der Waals surface area contributed by atoms with Crippen LogP contribution in [0.4, 0.5) is 5.69 Å². The van der Waals surface area contributed by atoms with E-state index in [-0.39, 0.29) is 24.2 Å². The maximum absolute atomic E-state index is 11.5. The second kappa shape index (κ2) is 8.56. The number of ether oxygens (including phenoxy) is 1. The molecule has 0 saturated carbocycles. The highest BCUT2D eigenvalue weighted by atomic mass is 16.6. The molecule has 1 N–H and O–H groups in total. The highest BCUT2D eigenvalue weighted by Crippen LogP contribution is 2.14. The van der Waals surface area contributed by atoms with Crippen molar-refractivity contribution in [1.82, 2.24) is 5.32 Å². The van der Waals surface area contributed by atoms with Crippen LogP contribution in [0.15, 0.2) is 30.3 Å². The summed E-state index contributed by atoms with van der Waals surface area (Å²) in [6, 6.07) is 5.84. The number of nitro benzene ring substituents is 1. The fourth-order valence-electron chi connectivity index (χ4n) is 1.51. The molecule has 0 bridgehead atoms. The second-order valence-electron chi connectivity index (χ2n) is 4.67. The minimum absolute atomic E-state index is 0.0200. The van der Waals surface area contributed by atoms with E-state index in [1.54, 1.807) is 6.07 Å². The van der Waals surface area contributed by atoms with Gasteiger partial charge < -0.3 is 10.1 Å². The third-order valence-electron chi connectivity index (χ3n) is 2.86. The van der Waals surface area contributed by atoms with Gasteiger partial charge >= 0.3 is 5.97 Å². The monoisotopic (exact) mass is 306 g/mol. The van der Waals surface area contributed by atoms with Gasteiger partial charge in [-0.1, -0.05) is 19.1 Å². The number of carbonyl (C=O) groups is 2. The molecule has 1 amide bonds. The molecule has 0 aliphatic heterocycles. The van der Waals surface area contributed by atoms with Gasteiger partial charge in [0.2, 0.25) is 0 Å². The SMILES string of the molecule is CC[C@@H](C)NC(=O)COC(=O)/C=C/c1cccc([N+](=O)[O-])c1. The van der Waals surface area contributed by atoms with Crippen molar-refractivity contribution < 1.29 is 19.2 Å². The second-order valence-corrected chi connectivity index (χ2v) is 4.67. The molecular weight excluding hydrogens is 288 g/mol. The van der Waals surface area contributed by atoms with Crippen LogP contribution in [0.2, 0.25) is 0 Å². The molecule has 0 saturated heterocycles. The Hall–Kier alpha value is -2.70. The lowest BCUT2D eigenvalue weighted by Gasteiger charge is -2.10. The van der Waals surface area contributed by atoms with Gasteiger partial charge in [-0.2, -0.15) is 0 Å². The fourth-order valence-corrected chi connectivity index (χ4v) is 1.51. The zero-order valence-corrected chi connectivity index (χ0v) is 12.4. The number of nitrogens with zero attached hydrogens (tertiary/aromatic N) is 1. The van der Waals surface area contributed by atoms with Gasteiger partial charge in [-0.15, -0.1) is 0 Å². The van der Waals surface area contributed by atoms with E-state index in [2.05, 4.69) is 5.32 Å². The van der Waals surface area contributed by atoms with Crippen LogP contribution < -0.4 is 5.32 Å². The van der Waals surface area contributed by atoms with Gasteiger partial charge in [-0.05, 0) is 25.0 Å². The van der Waals surface area contributed by atoms with E-state index in [1.165, 1.54) is 24.3 Å². The van der Waals surface area contributed by atoms with E-state index >= 15 is 0 Å². The maximum atomic E-state index is 11.5. The number of carbonyl (C=O) groups excluding carboxylic acids is 2. The minimum atomic E-state index is -0.689. The molecule has 118 valence electrons. The third kappa shape index (κ3) is 6.17. The first kappa shape index (κ1) is 17.4. The number of esters is 1. The van der Waals surface area contributed by atoms with E-state index < -0.39 is 10.9 Å². The summed E-state index contributed by atoms with van der Waals surface area (Å²) in [5.74, 6) is -1.06. The van der Waals surface area contributed by atoms with E-state index in [4.69, 9.17) is 4.74 Å². The summed E-state index contributed by atoms with van der Waals surface area (Å²) in [6.45, 7) is 3.42. The van der Waals surface area contributed by atoms with Crippen LogP contribution in [-0.4, -0.2) is 29.4 Å². The largest absolute Gasteiger partial charge is 0.452 e. The van der Waals surface area contributed by atoms with Crippen LogP contribution in [-0.2, 0) is 14.3 Å². The van der Waals surface area contributed by atoms with Crippen LogP contribution in [0, 0.1) is 10.1 Å². The van der Waals surface area contributed by atoms with Crippen molar-refractivity contribution in [2.75, 3.05) is 6.61 Å². The van der Waals surface area contributed by atoms with Gasteiger partial charge in [0.1, 0.15) is 0 Å². The molecule has 1 rings (SSSR count). The summed E-state index contributed by atoms with van der Waals surface area (Å²) in [4.78, 5) is 33.0. The molecular formula is C15H18N2O5. The van der Waals surface area contributed by atoms with Crippen molar-refractivity contribution in [3.8, 4) is 0 Å². The highest BCUT2D eigenvalue weighted by molar-refractivity contribution is 5.89. The molecule has 1 aromatic rings. The maximum Gasteiger partial charge on any atom is 0.331 e. The molecule has 1 aromatic carbocycles. The van der Waals surface area contributed by atoms with Crippen molar-refractivity contribution in [2.45, 2.75) is 26.3 Å². The Morgan fingerprint density at radius 2 is 2.18 bits per heavy atom. The molecule has 0 radical (unpaired) electrons. The van der Waals surface area contributed by atoms with Gasteiger partial charge in [0.15, 0.2) is 6.61 Å². The first-order chi connectivity index (χ1) is 10.4. The Morgan fingerprint density at radius 1 is 1.45 bits per heavy atom. The van der Waals surface area contributed by atoms with Crippen molar-refractivity contribution in [3.63, 3.8) is 0 Å². The first-order valence-electron chi connectivity index (χ1n) is 6.81. The zero-order chi connectivity index (χ0) is 16.5. The number of benzene rings is 1. The molecule has 0 heterocycles. The van der Waals surface area contributed by atoms with E-state index in [9.17, 15) is 19.7 Å². The average molecular weight is 306 g/mol. The van der Waals surface area contributed by atoms with Crippen LogP contribution >= 0.6 is 0 Å². The average Bonchev–Trinajstić information content (AvgIpc) is 2.51. The van der Waals surface area contributed by atoms with Crippen molar-refractivity contribution in [3.05, 3.63) is 46.0 Å². The van der Waals surface area contributed by atoms with Crippen molar-refractivity contribution in [1.29, 1.82) is 0 Å². The number of amides is 1. The fraction of sp³-hybridized carbons (Fsp3) is 0.333. The lowest BCUT2D eigenvalue weighted by Crippen LogP contribution is -2.35. The Balaban J connectivity index is 2.49. The van der Waals surface area contributed by atoms with Gasteiger partial charge in [-0.3, -0.25) is 14.9 Å². The number of rotatable bonds is 7. The summed E-state index contributed by atoms with van der Waals surface area (Å²) in [7, 11) is 0. The van der Waals surface area contributed by atoms with Crippen LogP contribution in [0.1, 0.15) is 25.8 Å². The molecule has 0 spiro atoms. The molecule has 0 aliphatic rings. The normalized spacial score (nSPS) is 11.9. The molecule has 0 aromatic heterocycles. The summed E-state index contributed by atoms with van der Waals surface area (Å²) >= 11 is 0. The summed E-state index contributed by atoms with van der Waals surface area (Å²) in [5.41, 5.74) is 0.429. The van der Waals surface area contributed by atoms with Crippen LogP contribution in [0.25, 0.3) is 6.08 Å². The molecule has 22 heavy (non-hydrogen) atoms. The van der Waals surface area contributed by atoms with Crippen LogP contribution in [0.3, 0.4) is 0 Å². The summed E-state index contributed by atoms with van der Waals surface area (Å²) in [5, 5.41) is 13.3. The predicted molar refractivity (Wildman–Crippen MR) is 81.0 cm³/mol. The highest BCUT2D eigenvalue weighted by Gasteiger charge is 2.08. The van der Waals surface area contributed by atoms with E-state index in [0.717, 1.165) is 12.5 Å². The zero-order valence-electron chi connectivity index (χ0n) is 12.4. The quantitative estimate of drug-likeness (QED) is 0.360. The first-order valence-corrected chi connectivity index (χ1v) is 6.81. The number of non-ortho nitro benzene ring substituents is 1. The van der Waals surface area contributed by atoms with E-state index in [0.29, 0.717) is 5.56 Å². The molecule has 7 nitrogen and oxygen atoms in total. The molecule has 7 heteroatoms. The molecule has 0 unspecified atom stereocenters. The van der Waals surface area contributed by atoms with Crippen molar-refractivity contribution >= 4 is 23.6 Å². The van der Waals surface area contributed by atoms with Crippen molar-refractivity contribution in [2.24, 2.45) is 0 Å². The molecule has 1 atom stereocenters. The van der Waals surface area contributed by atoms with Gasteiger partial charge in [0.25, 0.3) is 11.6 Å². The molecule has 0 fully saturated rings. The Labute approximate surface area is 128 Å².